The van der Waals surface area contributed by atoms with Gasteiger partial charge in [0.25, 0.3) is 5.91 Å². The van der Waals surface area contributed by atoms with Gasteiger partial charge in [0.1, 0.15) is 0 Å². The van der Waals surface area contributed by atoms with E-state index in [1.807, 2.05) is 4.68 Å². The number of hydrogen-bond donors (Lipinski definition) is 2. The van der Waals surface area contributed by atoms with Gasteiger partial charge in [0, 0.05) is 18.3 Å². The fourth-order valence-electron chi connectivity index (χ4n) is 2.87. The van der Waals surface area contributed by atoms with Gasteiger partial charge in [-0.3, -0.25) is 9.59 Å². The average Bonchev–Trinajstić information content (AvgIpc) is 3.30. The first kappa shape index (κ1) is 17.4. The number of thioether (sulfide) groups is 1. The molecule has 9 heteroatoms. The van der Waals surface area contributed by atoms with Gasteiger partial charge in [-0.1, -0.05) is 30.7 Å². The summed E-state index contributed by atoms with van der Waals surface area (Å²) < 4.78 is 1.83. The second kappa shape index (κ2) is 8.11. The largest absolute Gasteiger partial charge is 0.355 e. The maximum absolute atomic E-state index is 12.2. The van der Waals surface area contributed by atoms with Crippen LogP contribution in [0.5, 0.6) is 0 Å². The molecule has 0 aliphatic heterocycles. The molecule has 0 bridgehead atoms. The first-order valence-electron chi connectivity index (χ1n) is 8.20. The molecule has 8 nitrogen and oxygen atoms in total. The second-order valence-corrected chi connectivity index (χ2v) is 6.78. The molecule has 0 atom stereocenters. The van der Waals surface area contributed by atoms with E-state index in [4.69, 9.17) is 0 Å². The Bertz CT molecular complexity index is 757. The summed E-state index contributed by atoms with van der Waals surface area (Å²) in [5.41, 5.74) is 1.08. The van der Waals surface area contributed by atoms with Crippen LogP contribution < -0.4 is 10.6 Å². The molecule has 1 aliphatic carbocycles. The summed E-state index contributed by atoms with van der Waals surface area (Å²) in [6, 6.07) is 7.15. The average molecular weight is 360 g/mol. The molecule has 1 aromatic carbocycles. The van der Waals surface area contributed by atoms with Crippen molar-refractivity contribution in [3.63, 3.8) is 0 Å². The lowest BCUT2D eigenvalue weighted by molar-refractivity contribution is -0.113. The number of nitrogens with zero attached hydrogens (tertiary/aromatic N) is 4. The van der Waals surface area contributed by atoms with Crippen LogP contribution in [0.1, 0.15) is 42.1 Å². The predicted octanol–water partition coefficient (Wildman–Crippen LogP) is 1.88. The summed E-state index contributed by atoms with van der Waals surface area (Å²) in [5, 5.41) is 17.8. The Kier molecular flexibility index (Phi) is 5.64. The van der Waals surface area contributed by atoms with Gasteiger partial charge in [-0.2, -0.15) is 0 Å². The molecule has 1 heterocycles. The Morgan fingerprint density at radius 2 is 2.12 bits per heavy atom. The number of tetrazole rings is 1. The van der Waals surface area contributed by atoms with E-state index in [0.29, 0.717) is 22.4 Å². The fourth-order valence-corrected chi connectivity index (χ4v) is 3.61. The molecule has 1 fully saturated rings. The molecule has 0 unspecified atom stereocenters. The summed E-state index contributed by atoms with van der Waals surface area (Å²) in [6.07, 6.45) is 4.54. The third-order valence-electron chi connectivity index (χ3n) is 4.10. The number of carbonyl (C=O) groups is 2. The highest BCUT2D eigenvalue weighted by atomic mass is 32.2. The molecule has 1 aromatic heterocycles. The van der Waals surface area contributed by atoms with Crippen molar-refractivity contribution in [1.82, 2.24) is 25.5 Å². The third-order valence-corrected chi connectivity index (χ3v) is 5.03. The van der Waals surface area contributed by atoms with E-state index in [9.17, 15) is 9.59 Å². The van der Waals surface area contributed by atoms with Crippen LogP contribution >= 0.6 is 11.8 Å². The number of benzene rings is 1. The smallest absolute Gasteiger partial charge is 0.251 e. The van der Waals surface area contributed by atoms with Crippen molar-refractivity contribution < 1.29 is 9.59 Å². The number of hydrogen-bond acceptors (Lipinski definition) is 6. The van der Waals surface area contributed by atoms with Crippen LogP contribution in [-0.4, -0.2) is 44.8 Å². The minimum atomic E-state index is -0.193. The Morgan fingerprint density at radius 3 is 2.88 bits per heavy atom. The number of nitrogens with one attached hydrogen (secondary N) is 2. The highest BCUT2D eigenvalue weighted by molar-refractivity contribution is 7.99. The topological polar surface area (TPSA) is 102 Å². The zero-order valence-electron chi connectivity index (χ0n) is 13.9. The summed E-state index contributed by atoms with van der Waals surface area (Å²) in [6.45, 7) is 0. The van der Waals surface area contributed by atoms with Crippen LogP contribution in [-0.2, 0) is 4.79 Å². The SMILES string of the molecule is CNC(=O)c1cccc(NC(=O)CSc2nnnn2C2CCCC2)c1. The standard InChI is InChI=1S/C16H20N6O2S/c1-17-15(24)11-5-4-6-12(9-11)18-14(23)10-25-16-19-20-21-22(16)13-7-2-3-8-13/h4-6,9,13H,2-3,7-8,10H2,1H3,(H,17,24)(H,18,23). The molecule has 2 N–H and O–H groups in total. The molecule has 1 saturated carbocycles. The minimum Gasteiger partial charge on any atom is -0.355 e. The highest BCUT2D eigenvalue weighted by Crippen LogP contribution is 2.31. The summed E-state index contributed by atoms with van der Waals surface area (Å²) in [5.74, 6) is -0.154. The molecular formula is C16H20N6O2S. The van der Waals surface area contributed by atoms with Crippen LogP contribution in [0.15, 0.2) is 29.4 Å². The molecule has 0 radical (unpaired) electrons. The maximum Gasteiger partial charge on any atom is 0.251 e. The van der Waals surface area contributed by atoms with Gasteiger partial charge >= 0.3 is 0 Å². The van der Waals surface area contributed by atoms with Crippen molar-refractivity contribution in [3.05, 3.63) is 29.8 Å². The van der Waals surface area contributed by atoms with Crippen molar-refractivity contribution in [2.24, 2.45) is 0 Å². The van der Waals surface area contributed by atoms with Gasteiger partial charge in [0.05, 0.1) is 11.8 Å². The lowest BCUT2D eigenvalue weighted by Gasteiger charge is -2.11. The molecule has 0 saturated heterocycles. The van der Waals surface area contributed by atoms with E-state index >= 15 is 0 Å². The molecule has 0 spiro atoms. The Hall–Kier alpha value is -2.42. The van der Waals surface area contributed by atoms with Crippen LogP contribution in [0.3, 0.4) is 0 Å². The van der Waals surface area contributed by atoms with Crippen molar-refractivity contribution in [1.29, 1.82) is 0 Å². The first-order chi connectivity index (χ1) is 12.2. The van der Waals surface area contributed by atoms with Crippen LogP contribution in [0, 0.1) is 0 Å². The second-order valence-electron chi connectivity index (χ2n) is 5.84. The monoisotopic (exact) mass is 360 g/mol. The van der Waals surface area contributed by atoms with E-state index in [0.717, 1.165) is 12.8 Å². The first-order valence-corrected chi connectivity index (χ1v) is 9.18. The number of aromatic nitrogens is 4. The zero-order chi connectivity index (χ0) is 17.6. The Labute approximate surface area is 149 Å². The quantitative estimate of drug-likeness (QED) is 0.763. The summed E-state index contributed by atoms with van der Waals surface area (Å²) in [4.78, 5) is 23.8. The molecule has 2 amide bonds. The van der Waals surface area contributed by atoms with Crippen molar-refractivity contribution in [3.8, 4) is 0 Å². The number of carbonyl (C=O) groups excluding carboxylic acids is 2. The fraction of sp³-hybridized carbons (Fsp3) is 0.438. The molecule has 132 valence electrons. The van der Waals surface area contributed by atoms with Crippen molar-refractivity contribution in [2.75, 3.05) is 18.1 Å². The minimum absolute atomic E-state index is 0.167. The third kappa shape index (κ3) is 4.36. The van der Waals surface area contributed by atoms with Crippen molar-refractivity contribution >= 4 is 29.3 Å². The lowest BCUT2D eigenvalue weighted by atomic mass is 10.2. The van der Waals surface area contributed by atoms with Gasteiger partial charge in [0.2, 0.25) is 11.1 Å². The highest BCUT2D eigenvalue weighted by Gasteiger charge is 2.22. The molecule has 2 aromatic rings. The van der Waals surface area contributed by atoms with E-state index in [1.54, 1.807) is 31.3 Å². The predicted molar refractivity (Wildman–Crippen MR) is 94.5 cm³/mol. The van der Waals surface area contributed by atoms with E-state index < -0.39 is 0 Å². The normalized spacial score (nSPS) is 14.4. The van der Waals surface area contributed by atoms with Gasteiger partial charge < -0.3 is 10.6 Å². The van der Waals surface area contributed by atoms with Gasteiger partial charge in [-0.25, -0.2) is 4.68 Å². The van der Waals surface area contributed by atoms with Crippen molar-refractivity contribution in [2.45, 2.75) is 36.9 Å². The molecule has 1 aliphatic rings. The van der Waals surface area contributed by atoms with E-state index in [1.165, 1.54) is 24.6 Å². The molecule has 3 rings (SSSR count). The Morgan fingerprint density at radius 1 is 1.32 bits per heavy atom. The van der Waals surface area contributed by atoms with Crippen LogP contribution in [0.25, 0.3) is 0 Å². The lowest BCUT2D eigenvalue weighted by Crippen LogP contribution is -2.19. The Balaban J connectivity index is 1.57. The summed E-state index contributed by atoms with van der Waals surface area (Å²) in [7, 11) is 1.57. The van der Waals surface area contributed by atoms with Crippen LogP contribution in [0.2, 0.25) is 0 Å². The van der Waals surface area contributed by atoms with Gasteiger partial charge in [0.15, 0.2) is 0 Å². The maximum atomic E-state index is 12.2. The number of amides is 2. The van der Waals surface area contributed by atoms with E-state index in [-0.39, 0.29) is 17.6 Å². The molecule has 25 heavy (non-hydrogen) atoms. The van der Waals surface area contributed by atoms with Gasteiger partial charge in [-0.15, -0.1) is 5.10 Å². The zero-order valence-corrected chi connectivity index (χ0v) is 14.8. The summed E-state index contributed by atoms with van der Waals surface area (Å²) >= 11 is 1.32. The number of anilines is 1. The van der Waals surface area contributed by atoms with Gasteiger partial charge in [-0.05, 0) is 41.5 Å². The van der Waals surface area contributed by atoms with E-state index in [2.05, 4.69) is 26.2 Å². The number of rotatable bonds is 6. The molecular weight excluding hydrogens is 340 g/mol. The van der Waals surface area contributed by atoms with Crippen LogP contribution in [0.4, 0.5) is 5.69 Å².